The molecule has 0 amide bonds. The van der Waals surface area contributed by atoms with Crippen molar-refractivity contribution in [1.29, 1.82) is 0 Å². The highest BCUT2D eigenvalue weighted by Crippen LogP contribution is 2.26. The van der Waals surface area contributed by atoms with E-state index in [1.165, 1.54) is 25.8 Å². The first-order valence-electron chi connectivity index (χ1n) is 8.64. The number of rotatable bonds is 10. The van der Waals surface area contributed by atoms with Crippen molar-refractivity contribution in [3.05, 3.63) is 35.5 Å². The van der Waals surface area contributed by atoms with Crippen LogP contribution in [0.4, 0.5) is 0 Å². The number of nitrogens with zero attached hydrogens (tertiary/aromatic N) is 2. The van der Waals surface area contributed by atoms with Crippen LogP contribution in [0.3, 0.4) is 0 Å². The lowest BCUT2D eigenvalue weighted by Crippen LogP contribution is -2.23. The predicted octanol–water partition coefficient (Wildman–Crippen LogP) is 5.17. The SMILES string of the molecule is CCN(CC)CCCCCCOc1ccnc2cc(Cl)ccc12. The standard InChI is InChI=1S/C19H27ClN2O/c1-3-22(4-2)13-7-5-6-8-14-23-19-11-12-21-18-15-16(20)9-10-17(18)19/h9-12,15H,3-8,13-14H2,1-2H3. The average Bonchev–Trinajstić information content (AvgIpc) is 2.57. The summed E-state index contributed by atoms with van der Waals surface area (Å²) in [6.45, 7) is 8.72. The highest BCUT2D eigenvalue weighted by Gasteiger charge is 2.04. The van der Waals surface area contributed by atoms with E-state index in [1.807, 2.05) is 24.3 Å². The molecule has 2 aromatic rings. The summed E-state index contributed by atoms with van der Waals surface area (Å²) in [5, 5.41) is 1.73. The van der Waals surface area contributed by atoms with Crippen LogP contribution < -0.4 is 4.74 Å². The summed E-state index contributed by atoms with van der Waals surface area (Å²) in [6.07, 6.45) is 6.63. The van der Waals surface area contributed by atoms with Crippen molar-refractivity contribution in [3.63, 3.8) is 0 Å². The number of halogens is 1. The van der Waals surface area contributed by atoms with E-state index in [0.717, 1.165) is 42.8 Å². The first-order chi connectivity index (χ1) is 11.2. The molecule has 0 aliphatic carbocycles. The fraction of sp³-hybridized carbons (Fsp3) is 0.526. The summed E-state index contributed by atoms with van der Waals surface area (Å²) in [7, 11) is 0. The minimum absolute atomic E-state index is 0.704. The molecular formula is C19H27ClN2O. The van der Waals surface area contributed by atoms with Crippen molar-refractivity contribution in [2.45, 2.75) is 39.5 Å². The zero-order valence-corrected chi connectivity index (χ0v) is 15.0. The number of aromatic nitrogens is 1. The quantitative estimate of drug-likeness (QED) is 0.560. The molecule has 0 atom stereocenters. The second-order valence-corrected chi connectivity index (χ2v) is 6.20. The third-order valence-electron chi connectivity index (χ3n) is 4.19. The van der Waals surface area contributed by atoms with Gasteiger partial charge < -0.3 is 9.64 Å². The molecule has 0 saturated carbocycles. The maximum atomic E-state index is 6.01. The maximum absolute atomic E-state index is 6.01. The van der Waals surface area contributed by atoms with Gasteiger partial charge in [0.05, 0.1) is 12.1 Å². The monoisotopic (exact) mass is 334 g/mol. The summed E-state index contributed by atoms with van der Waals surface area (Å²) < 4.78 is 5.94. The van der Waals surface area contributed by atoms with E-state index in [0.29, 0.717) is 5.02 Å². The smallest absolute Gasteiger partial charge is 0.130 e. The predicted molar refractivity (Wildman–Crippen MR) is 98.5 cm³/mol. The number of pyridine rings is 1. The molecule has 0 radical (unpaired) electrons. The van der Waals surface area contributed by atoms with Crippen molar-refractivity contribution in [1.82, 2.24) is 9.88 Å². The number of ether oxygens (including phenoxy) is 1. The van der Waals surface area contributed by atoms with Crippen LogP contribution in [0.25, 0.3) is 10.9 Å². The molecule has 2 rings (SSSR count). The Morgan fingerprint density at radius 3 is 2.61 bits per heavy atom. The minimum Gasteiger partial charge on any atom is -0.493 e. The molecule has 0 unspecified atom stereocenters. The number of hydrogen-bond donors (Lipinski definition) is 0. The van der Waals surface area contributed by atoms with Gasteiger partial charge in [0.25, 0.3) is 0 Å². The molecule has 0 aliphatic heterocycles. The number of benzene rings is 1. The first-order valence-corrected chi connectivity index (χ1v) is 9.01. The Morgan fingerprint density at radius 2 is 1.83 bits per heavy atom. The molecule has 0 fully saturated rings. The van der Waals surface area contributed by atoms with Gasteiger partial charge >= 0.3 is 0 Å². The lowest BCUT2D eigenvalue weighted by Gasteiger charge is -2.17. The van der Waals surface area contributed by atoms with Gasteiger partial charge in [-0.25, -0.2) is 0 Å². The second kappa shape index (κ2) is 9.74. The molecule has 0 saturated heterocycles. The Morgan fingerprint density at radius 1 is 1.04 bits per heavy atom. The summed E-state index contributed by atoms with van der Waals surface area (Å²) in [4.78, 5) is 6.81. The van der Waals surface area contributed by atoms with E-state index in [-0.39, 0.29) is 0 Å². The van der Waals surface area contributed by atoms with Crippen LogP contribution in [0, 0.1) is 0 Å². The van der Waals surface area contributed by atoms with Gasteiger partial charge in [-0.1, -0.05) is 38.3 Å². The van der Waals surface area contributed by atoms with E-state index in [4.69, 9.17) is 16.3 Å². The molecule has 3 nitrogen and oxygen atoms in total. The molecular weight excluding hydrogens is 308 g/mol. The Labute approximate surface area is 144 Å². The van der Waals surface area contributed by atoms with Crippen molar-refractivity contribution >= 4 is 22.5 Å². The Bertz CT molecular complexity index is 599. The van der Waals surface area contributed by atoms with Gasteiger partial charge in [-0.3, -0.25) is 4.98 Å². The lowest BCUT2D eigenvalue weighted by atomic mass is 10.2. The highest BCUT2D eigenvalue weighted by molar-refractivity contribution is 6.31. The summed E-state index contributed by atoms with van der Waals surface area (Å²) >= 11 is 6.01. The Kier molecular flexibility index (Phi) is 7.63. The summed E-state index contributed by atoms with van der Waals surface area (Å²) in [6, 6.07) is 7.66. The molecule has 0 aliphatic rings. The molecule has 4 heteroatoms. The van der Waals surface area contributed by atoms with Crippen LogP contribution in [-0.4, -0.2) is 36.1 Å². The number of fused-ring (bicyclic) bond motifs is 1. The van der Waals surface area contributed by atoms with Gasteiger partial charge in [-0.05, 0) is 56.7 Å². The van der Waals surface area contributed by atoms with Crippen molar-refractivity contribution in [2.75, 3.05) is 26.2 Å². The van der Waals surface area contributed by atoms with E-state index in [2.05, 4.69) is 23.7 Å². The summed E-state index contributed by atoms with van der Waals surface area (Å²) in [5.74, 6) is 0.898. The van der Waals surface area contributed by atoms with E-state index in [9.17, 15) is 0 Å². The van der Waals surface area contributed by atoms with Gasteiger partial charge in [0.1, 0.15) is 5.75 Å². The molecule has 0 bridgehead atoms. The molecule has 1 aromatic heterocycles. The normalized spacial score (nSPS) is 11.3. The molecule has 126 valence electrons. The fourth-order valence-corrected chi connectivity index (χ4v) is 2.90. The lowest BCUT2D eigenvalue weighted by molar-refractivity contribution is 0.285. The van der Waals surface area contributed by atoms with Crippen molar-refractivity contribution in [3.8, 4) is 5.75 Å². The van der Waals surface area contributed by atoms with E-state index in [1.54, 1.807) is 6.20 Å². The Balaban J connectivity index is 1.71. The number of unbranched alkanes of at least 4 members (excludes halogenated alkanes) is 3. The maximum Gasteiger partial charge on any atom is 0.130 e. The minimum atomic E-state index is 0.704. The third-order valence-corrected chi connectivity index (χ3v) is 4.42. The Hall–Kier alpha value is -1.32. The van der Waals surface area contributed by atoms with Crippen LogP contribution >= 0.6 is 11.6 Å². The molecule has 1 heterocycles. The van der Waals surface area contributed by atoms with Gasteiger partial charge in [-0.2, -0.15) is 0 Å². The second-order valence-electron chi connectivity index (χ2n) is 5.76. The van der Waals surface area contributed by atoms with Gasteiger partial charge in [0.15, 0.2) is 0 Å². The number of hydrogen-bond acceptors (Lipinski definition) is 3. The van der Waals surface area contributed by atoms with Crippen molar-refractivity contribution in [2.24, 2.45) is 0 Å². The van der Waals surface area contributed by atoms with Crippen LogP contribution in [-0.2, 0) is 0 Å². The molecule has 23 heavy (non-hydrogen) atoms. The topological polar surface area (TPSA) is 25.4 Å². The first kappa shape index (κ1) is 18.0. The van der Waals surface area contributed by atoms with Crippen molar-refractivity contribution < 1.29 is 4.74 Å². The summed E-state index contributed by atoms with van der Waals surface area (Å²) in [5.41, 5.74) is 0.884. The molecule has 1 aromatic carbocycles. The van der Waals surface area contributed by atoms with Gasteiger partial charge in [0.2, 0.25) is 0 Å². The highest BCUT2D eigenvalue weighted by atomic mass is 35.5. The molecule has 0 N–H and O–H groups in total. The largest absolute Gasteiger partial charge is 0.493 e. The fourth-order valence-electron chi connectivity index (χ4n) is 2.73. The zero-order chi connectivity index (χ0) is 16.5. The van der Waals surface area contributed by atoms with E-state index < -0.39 is 0 Å². The van der Waals surface area contributed by atoms with Crippen LogP contribution in [0.1, 0.15) is 39.5 Å². The average molecular weight is 335 g/mol. The third kappa shape index (κ3) is 5.67. The van der Waals surface area contributed by atoms with Crippen LogP contribution in [0.15, 0.2) is 30.5 Å². The van der Waals surface area contributed by atoms with E-state index >= 15 is 0 Å². The van der Waals surface area contributed by atoms with Crippen LogP contribution in [0.5, 0.6) is 5.75 Å². The van der Waals surface area contributed by atoms with Gasteiger partial charge in [-0.15, -0.1) is 0 Å². The van der Waals surface area contributed by atoms with Gasteiger partial charge in [0, 0.05) is 16.6 Å². The van der Waals surface area contributed by atoms with Crippen LogP contribution in [0.2, 0.25) is 5.02 Å². The molecule has 0 spiro atoms. The zero-order valence-electron chi connectivity index (χ0n) is 14.2.